The minimum absolute atomic E-state index is 0.213. The Labute approximate surface area is 108 Å². The number of alkyl halides is 3. The summed E-state index contributed by atoms with van der Waals surface area (Å²) >= 11 is 3.00. The van der Waals surface area contributed by atoms with Crippen molar-refractivity contribution < 1.29 is 13.2 Å². The predicted molar refractivity (Wildman–Crippen MR) is 63.0 cm³/mol. The Morgan fingerprint density at radius 3 is 2.56 bits per heavy atom. The van der Waals surface area contributed by atoms with Crippen LogP contribution >= 0.6 is 15.9 Å². The summed E-state index contributed by atoms with van der Waals surface area (Å²) in [5, 5.41) is 5.89. The van der Waals surface area contributed by atoms with Crippen LogP contribution in [0.2, 0.25) is 0 Å². The summed E-state index contributed by atoms with van der Waals surface area (Å²) in [5.74, 6) is 0. The monoisotopic (exact) mass is 318 g/mol. The van der Waals surface area contributed by atoms with Crippen LogP contribution in [0.1, 0.15) is 5.56 Å². The number of benzene rings is 1. The second-order valence-electron chi connectivity index (χ2n) is 3.51. The lowest BCUT2D eigenvalue weighted by molar-refractivity contribution is -0.137. The first kappa shape index (κ1) is 12.8. The zero-order valence-electron chi connectivity index (χ0n) is 8.75. The predicted octanol–water partition coefficient (Wildman–Crippen LogP) is 3.22. The highest BCUT2D eigenvalue weighted by atomic mass is 79.9. The number of hydrogen-bond acceptors (Lipinski definition) is 2. The molecule has 0 aliphatic carbocycles. The summed E-state index contributed by atoms with van der Waals surface area (Å²) in [6.07, 6.45) is -4.41. The summed E-state index contributed by atoms with van der Waals surface area (Å²) in [6, 6.07) is 6.10. The van der Waals surface area contributed by atoms with Crippen molar-refractivity contribution in [1.82, 2.24) is 10.2 Å². The van der Waals surface area contributed by atoms with Gasteiger partial charge in [-0.2, -0.15) is 18.3 Å². The fraction of sp³-hybridized carbons (Fsp3) is 0.0909. The van der Waals surface area contributed by atoms with Crippen molar-refractivity contribution in [2.45, 2.75) is 6.18 Å². The van der Waals surface area contributed by atoms with Gasteiger partial charge in [0.05, 0.1) is 15.7 Å². The van der Waals surface area contributed by atoms with E-state index in [2.05, 4.69) is 26.1 Å². The van der Waals surface area contributed by atoms with Crippen LogP contribution in [-0.2, 0) is 6.18 Å². The van der Waals surface area contributed by atoms with Gasteiger partial charge in [0, 0.05) is 5.56 Å². The Morgan fingerprint density at radius 2 is 1.94 bits per heavy atom. The Hall–Kier alpha value is -1.63. The third kappa shape index (κ3) is 2.61. The van der Waals surface area contributed by atoms with Crippen LogP contribution in [0.3, 0.4) is 0 Å². The van der Waals surface area contributed by atoms with Crippen molar-refractivity contribution in [2.75, 3.05) is 0 Å². The quantitative estimate of drug-likeness (QED) is 0.877. The van der Waals surface area contributed by atoms with Gasteiger partial charge in [-0.15, -0.1) is 0 Å². The van der Waals surface area contributed by atoms with Crippen LogP contribution in [0.4, 0.5) is 13.2 Å². The Kier molecular flexibility index (Phi) is 3.25. The van der Waals surface area contributed by atoms with Crippen molar-refractivity contribution in [2.24, 2.45) is 0 Å². The molecule has 94 valence electrons. The van der Waals surface area contributed by atoms with E-state index >= 15 is 0 Å². The number of H-pyrrole nitrogens is 1. The van der Waals surface area contributed by atoms with Crippen LogP contribution in [0.15, 0.2) is 39.6 Å². The molecule has 0 spiro atoms. The fourth-order valence-corrected chi connectivity index (χ4v) is 1.69. The summed E-state index contributed by atoms with van der Waals surface area (Å²) in [4.78, 5) is 11.1. The minimum atomic E-state index is -4.41. The molecule has 7 heteroatoms. The molecule has 0 aliphatic heterocycles. The fourth-order valence-electron chi connectivity index (χ4n) is 1.38. The number of nitrogens with zero attached hydrogens (tertiary/aromatic N) is 1. The van der Waals surface area contributed by atoms with Crippen molar-refractivity contribution in [3.05, 3.63) is 50.7 Å². The highest BCUT2D eigenvalue weighted by Gasteiger charge is 2.30. The maximum absolute atomic E-state index is 12.5. The smallest absolute Gasteiger partial charge is 0.267 e. The summed E-state index contributed by atoms with van der Waals surface area (Å²) < 4.78 is 37.8. The molecule has 0 fully saturated rings. The topological polar surface area (TPSA) is 45.8 Å². The van der Waals surface area contributed by atoms with E-state index in [4.69, 9.17) is 0 Å². The Balaban J connectivity index is 2.51. The average molecular weight is 319 g/mol. The average Bonchev–Trinajstić information content (AvgIpc) is 2.32. The number of nitrogens with one attached hydrogen (secondary N) is 1. The molecule has 0 saturated carbocycles. The standard InChI is InChI=1S/C11H6BrF3N2O/c12-8-5-9(16-17-10(8)18)6-2-1-3-7(4-6)11(13,14)15/h1-5H,(H,17,18). The number of aromatic nitrogens is 2. The third-order valence-corrected chi connectivity index (χ3v) is 2.83. The molecular weight excluding hydrogens is 313 g/mol. The normalized spacial score (nSPS) is 11.6. The second-order valence-corrected chi connectivity index (χ2v) is 4.36. The molecule has 2 aromatic rings. The lowest BCUT2D eigenvalue weighted by Gasteiger charge is -2.08. The van der Waals surface area contributed by atoms with Crippen molar-refractivity contribution in [3.63, 3.8) is 0 Å². The van der Waals surface area contributed by atoms with Crippen LogP contribution in [0.25, 0.3) is 11.3 Å². The van der Waals surface area contributed by atoms with E-state index in [0.29, 0.717) is 0 Å². The molecule has 0 radical (unpaired) electrons. The zero-order valence-corrected chi connectivity index (χ0v) is 10.3. The number of rotatable bonds is 1. The van der Waals surface area contributed by atoms with Crippen LogP contribution < -0.4 is 5.56 Å². The molecule has 1 heterocycles. The van der Waals surface area contributed by atoms with E-state index in [1.165, 1.54) is 18.2 Å². The van der Waals surface area contributed by atoms with Gasteiger partial charge in [0.1, 0.15) is 0 Å². The number of hydrogen-bond donors (Lipinski definition) is 1. The van der Waals surface area contributed by atoms with Gasteiger partial charge in [0.2, 0.25) is 0 Å². The molecule has 0 amide bonds. The van der Waals surface area contributed by atoms with Gasteiger partial charge < -0.3 is 0 Å². The maximum Gasteiger partial charge on any atom is 0.416 e. The highest BCUT2D eigenvalue weighted by molar-refractivity contribution is 9.10. The zero-order chi connectivity index (χ0) is 13.3. The van der Waals surface area contributed by atoms with Crippen molar-refractivity contribution in [3.8, 4) is 11.3 Å². The van der Waals surface area contributed by atoms with Gasteiger partial charge in [-0.25, -0.2) is 5.10 Å². The first-order valence-electron chi connectivity index (χ1n) is 4.81. The number of aromatic amines is 1. The third-order valence-electron chi connectivity index (χ3n) is 2.24. The maximum atomic E-state index is 12.5. The van der Waals surface area contributed by atoms with Gasteiger partial charge in [-0.3, -0.25) is 4.79 Å². The van der Waals surface area contributed by atoms with Gasteiger partial charge in [-0.1, -0.05) is 12.1 Å². The second kappa shape index (κ2) is 4.56. The molecule has 0 unspecified atom stereocenters. The van der Waals surface area contributed by atoms with Gasteiger partial charge >= 0.3 is 6.18 Å². The van der Waals surface area contributed by atoms with Crippen molar-refractivity contribution in [1.29, 1.82) is 0 Å². The summed E-state index contributed by atoms with van der Waals surface area (Å²) in [6.45, 7) is 0. The first-order valence-corrected chi connectivity index (χ1v) is 5.60. The molecule has 0 atom stereocenters. The molecule has 0 bridgehead atoms. The summed E-state index contributed by atoms with van der Waals surface area (Å²) in [5.41, 5.74) is -0.663. The molecule has 3 nitrogen and oxygen atoms in total. The van der Waals surface area contributed by atoms with E-state index in [1.807, 2.05) is 0 Å². The minimum Gasteiger partial charge on any atom is -0.267 e. The number of halogens is 4. The van der Waals surface area contributed by atoms with Crippen LogP contribution in [0.5, 0.6) is 0 Å². The summed E-state index contributed by atoms with van der Waals surface area (Å²) in [7, 11) is 0. The molecule has 1 aromatic carbocycles. The van der Waals surface area contributed by atoms with E-state index in [0.717, 1.165) is 12.1 Å². The lowest BCUT2D eigenvalue weighted by Crippen LogP contribution is -2.09. The van der Waals surface area contributed by atoms with E-state index in [1.54, 1.807) is 0 Å². The SMILES string of the molecule is O=c1[nH]nc(-c2cccc(C(F)(F)F)c2)cc1Br. The van der Waals surface area contributed by atoms with Gasteiger partial charge in [0.15, 0.2) is 0 Å². The van der Waals surface area contributed by atoms with Crippen LogP contribution in [0, 0.1) is 0 Å². The molecule has 0 saturated heterocycles. The molecule has 2 rings (SSSR count). The highest BCUT2D eigenvalue weighted by Crippen LogP contribution is 2.31. The van der Waals surface area contributed by atoms with Gasteiger partial charge in [-0.05, 0) is 34.1 Å². The Morgan fingerprint density at radius 1 is 1.22 bits per heavy atom. The first-order chi connectivity index (χ1) is 8.38. The molecule has 1 aromatic heterocycles. The molecule has 18 heavy (non-hydrogen) atoms. The molecule has 1 N–H and O–H groups in total. The van der Waals surface area contributed by atoms with E-state index < -0.39 is 17.3 Å². The van der Waals surface area contributed by atoms with Crippen LogP contribution in [-0.4, -0.2) is 10.2 Å². The molecular formula is C11H6BrF3N2O. The largest absolute Gasteiger partial charge is 0.416 e. The lowest BCUT2D eigenvalue weighted by atomic mass is 10.1. The van der Waals surface area contributed by atoms with E-state index in [-0.39, 0.29) is 15.7 Å². The van der Waals surface area contributed by atoms with Crippen molar-refractivity contribution >= 4 is 15.9 Å². The van der Waals surface area contributed by atoms with E-state index in [9.17, 15) is 18.0 Å². The Bertz CT molecular complexity index is 637. The van der Waals surface area contributed by atoms with Gasteiger partial charge in [0.25, 0.3) is 5.56 Å². The molecule has 0 aliphatic rings.